The molecule has 3 amide bonds. The number of carbonyl (C=O) groups excluding carboxylic acids is 2. The van der Waals surface area contributed by atoms with Crippen LogP contribution in [0.5, 0.6) is 0 Å². The van der Waals surface area contributed by atoms with Gasteiger partial charge in [-0.2, -0.15) is 4.31 Å². The summed E-state index contributed by atoms with van der Waals surface area (Å²) in [7, 11) is -3.69. The van der Waals surface area contributed by atoms with Crippen LogP contribution in [0.4, 0.5) is 9.18 Å². The van der Waals surface area contributed by atoms with E-state index in [4.69, 9.17) is 0 Å². The molecule has 3 fully saturated rings. The van der Waals surface area contributed by atoms with Crippen molar-refractivity contribution in [3.63, 3.8) is 0 Å². The topological polar surface area (TPSA) is 90.0 Å². The Hall–Kier alpha value is -2.04. The van der Waals surface area contributed by atoms with E-state index >= 15 is 0 Å². The maximum Gasteiger partial charge on any atom is 0.326 e. The van der Waals surface area contributed by atoms with E-state index in [1.54, 1.807) is 0 Å². The van der Waals surface area contributed by atoms with Crippen LogP contribution in [-0.2, 0) is 14.8 Å². The van der Waals surface area contributed by atoms with E-state index in [0.717, 1.165) is 31.4 Å². The Labute approximate surface area is 169 Å². The molecular weight excluding hydrogens is 399 g/mol. The van der Waals surface area contributed by atoms with E-state index in [9.17, 15) is 22.4 Å². The highest BCUT2D eigenvalue weighted by atomic mass is 32.2. The molecule has 0 unspecified atom stereocenters. The number of nitrogens with one attached hydrogen (secondary N) is 1. The molecule has 0 radical (unpaired) electrons. The molecule has 1 aromatic rings. The van der Waals surface area contributed by atoms with Crippen LogP contribution in [0, 0.1) is 5.82 Å². The molecule has 10 heteroatoms. The minimum Gasteiger partial charge on any atom is -0.323 e. The summed E-state index contributed by atoms with van der Waals surface area (Å²) in [5.41, 5.74) is -0.747. The fraction of sp³-hybridized carbons (Fsp3) is 0.579. The Morgan fingerprint density at radius 2 is 1.59 bits per heavy atom. The van der Waals surface area contributed by atoms with Gasteiger partial charge >= 0.3 is 6.03 Å². The molecule has 29 heavy (non-hydrogen) atoms. The monoisotopic (exact) mass is 424 g/mol. The van der Waals surface area contributed by atoms with Gasteiger partial charge in [-0.05, 0) is 37.1 Å². The van der Waals surface area contributed by atoms with Crippen molar-refractivity contribution in [3.8, 4) is 0 Å². The van der Waals surface area contributed by atoms with Crippen molar-refractivity contribution >= 4 is 22.0 Å². The molecule has 3 aliphatic rings. The lowest BCUT2D eigenvalue weighted by molar-refractivity contribution is -0.134. The number of halogens is 1. The van der Waals surface area contributed by atoms with Gasteiger partial charge in [-0.25, -0.2) is 22.5 Å². The van der Waals surface area contributed by atoms with Crippen molar-refractivity contribution in [1.29, 1.82) is 0 Å². The van der Waals surface area contributed by atoms with Gasteiger partial charge in [0.25, 0.3) is 5.91 Å². The lowest BCUT2D eigenvalue weighted by Gasteiger charge is -2.35. The maximum atomic E-state index is 13.1. The molecule has 0 atom stereocenters. The van der Waals surface area contributed by atoms with Crippen molar-refractivity contribution in [2.24, 2.45) is 0 Å². The van der Waals surface area contributed by atoms with Crippen molar-refractivity contribution in [2.75, 3.05) is 32.8 Å². The van der Waals surface area contributed by atoms with E-state index in [0.29, 0.717) is 25.9 Å². The number of hydrogen-bond donors (Lipinski definition) is 1. The molecule has 158 valence electrons. The van der Waals surface area contributed by atoms with Crippen molar-refractivity contribution < 1.29 is 22.4 Å². The first-order valence-electron chi connectivity index (χ1n) is 9.94. The Balaban J connectivity index is 1.37. The van der Waals surface area contributed by atoms with Gasteiger partial charge in [0.05, 0.1) is 11.6 Å². The lowest BCUT2D eigenvalue weighted by Crippen LogP contribution is -2.53. The summed E-state index contributed by atoms with van der Waals surface area (Å²) < 4.78 is 39.9. The normalized spacial score (nSPS) is 23.6. The molecular formula is C19H25FN4O4S. The van der Waals surface area contributed by atoms with Crippen LogP contribution in [-0.4, -0.2) is 72.8 Å². The van der Waals surface area contributed by atoms with E-state index in [1.807, 2.05) is 4.90 Å². The van der Waals surface area contributed by atoms with Gasteiger partial charge < -0.3 is 5.32 Å². The summed E-state index contributed by atoms with van der Waals surface area (Å²) >= 11 is 0. The van der Waals surface area contributed by atoms with Gasteiger partial charge in [-0.3, -0.25) is 9.69 Å². The standard InChI is InChI=1S/C19H25FN4O4S/c20-15-4-6-16(7-5-15)29(27,28)23-12-10-22(11-13-23)14-24-17(25)19(21-18(24)26)8-2-1-3-9-19/h4-7H,1-3,8-14H2,(H,21,26). The van der Waals surface area contributed by atoms with Gasteiger partial charge in [-0.1, -0.05) is 19.3 Å². The zero-order chi connectivity index (χ0) is 20.6. The largest absolute Gasteiger partial charge is 0.326 e. The SMILES string of the molecule is O=C1NC2(CCCCC2)C(=O)N1CN1CCN(S(=O)(=O)c2ccc(F)cc2)CC1. The quantitative estimate of drug-likeness (QED) is 0.737. The van der Waals surface area contributed by atoms with Crippen LogP contribution < -0.4 is 5.32 Å². The molecule has 1 spiro atoms. The number of urea groups is 1. The molecule has 2 saturated heterocycles. The highest BCUT2D eigenvalue weighted by molar-refractivity contribution is 7.89. The Morgan fingerprint density at radius 1 is 0.966 bits per heavy atom. The second kappa shape index (κ2) is 7.66. The Kier molecular flexibility index (Phi) is 5.34. The zero-order valence-corrected chi connectivity index (χ0v) is 17.0. The molecule has 1 saturated carbocycles. The van der Waals surface area contributed by atoms with Crippen LogP contribution in [0.25, 0.3) is 0 Å². The Bertz CT molecular complexity index is 891. The molecule has 2 heterocycles. The fourth-order valence-electron chi connectivity index (χ4n) is 4.37. The summed E-state index contributed by atoms with van der Waals surface area (Å²) in [6, 6.07) is 4.41. The summed E-state index contributed by atoms with van der Waals surface area (Å²) in [4.78, 5) is 28.5. The third-order valence-corrected chi connectivity index (χ3v) is 7.99. The zero-order valence-electron chi connectivity index (χ0n) is 16.1. The van der Waals surface area contributed by atoms with Gasteiger partial charge in [0.2, 0.25) is 10.0 Å². The molecule has 0 bridgehead atoms. The Morgan fingerprint density at radius 3 is 2.21 bits per heavy atom. The minimum absolute atomic E-state index is 0.0562. The summed E-state index contributed by atoms with van der Waals surface area (Å²) in [6.45, 7) is 1.47. The number of imide groups is 1. The number of hydrogen-bond acceptors (Lipinski definition) is 5. The van der Waals surface area contributed by atoms with E-state index in [2.05, 4.69) is 5.32 Å². The predicted molar refractivity (Wildman–Crippen MR) is 103 cm³/mol. The molecule has 2 aliphatic heterocycles. The number of rotatable bonds is 4. The van der Waals surface area contributed by atoms with Gasteiger partial charge in [0.15, 0.2) is 0 Å². The van der Waals surface area contributed by atoms with E-state index in [-0.39, 0.29) is 36.6 Å². The van der Waals surface area contributed by atoms with Crippen LogP contribution in [0.15, 0.2) is 29.2 Å². The van der Waals surface area contributed by atoms with Gasteiger partial charge in [0, 0.05) is 26.2 Å². The third-order valence-electron chi connectivity index (χ3n) is 6.08. The van der Waals surface area contributed by atoms with Crippen molar-refractivity contribution in [2.45, 2.75) is 42.5 Å². The first-order chi connectivity index (χ1) is 13.8. The average Bonchev–Trinajstić information content (AvgIpc) is 2.93. The number of amides is 3. The second-order valence-corrected chi connectivity index (χ2v) is 9.86. The third kappa shape index (κ3) is 3.76. The first kappa shape index (κ1) is 20.2. The number of carbonyl (C=O) groups is 2. The minimum atomic E-state index is -3.69. The van der Waals surface area contributed by atoms with Crippen molar-refractivity contribution in [3.05, 3.63) is 30.1 Å². The van der Waals surface area contributed by atoms with Gasteiger partial charge in [0.1, 0.15) is 11.4 Å². The summed E-state index contributed by atoms with van der Waals surface area (Å²) in [5.74, 6) is -0.651. The van der Waals surface area contributed by atoms with E-state index < -0.39 is 21.4 Å². The van der Waals surface area contributed by atoms with Gasteiger partial charge in [-0.15, -0.1) is 0 Å². The lowest BCUT2D eigenvalue weighted by atomic mass is 9.82. The number of sulfonamides is 1. The van der Waals surface area contributed by atoms with E-state index in [1.165, 1.54) is 21.3 Å². The highest BCUT2D eigenvalue weighted by Crippen LogP contribution is 2.33. The number of benzene rings is 1. The fourth-order valence-corrected chi connectivity index (χ4v) is 5.79. The van der Waals surface area contributed by atoms with Crippen LogP contribution >= 0.6 is 0 Å². The first-order valence-corrected chi connectivity index (χ1v) is 11.4. The van der Waals surface area contributed by atoms with Crippen LogP contribution in [0.3, 0.4) is 0 Å². The van der Waals surface area contributed by atoms with Crippen LogP contribution in [0.1, 0.15) is 32.1 Å². The number of nitrogens with zero attached hydrogens (tertiary/aromatic N) is 3. The molecule has 4 rings (SSSR count). The van der Waals surface area contributed by atoms with Crippen LogP contribution in [0.2, 0.25) is 0 Å². The maximum absolute atomic E-state index is 13.1. The smallest absolute Gasteiger partial charge is 0.323 e. The molecule has 0 aromatic heterocycles. The molecule has 1 N–H and O–H groups in total. The molecule has 1 aliphatic carbocycles. The summed E-state index contributed by atoms with van der Waals surface area (Å²) in [5, 5.41) is 2.89. The van der Waals surface area contributed by atoms with Crippen molar-refractivity contribution in [1.82, 2.24) is 19.4 Å². The molecule has 8 nitrogen and oxygen atoms in total. The second-order valence-electron chi connectivity index (χ2n) is 7.92. The number of piperazine rings is 1. The summed E-state index contributed by atoms with van der Waals surface area (Å²) in [6.07, 6.45) is 4.30. The average molecular weight is 424 g/mol. The molecule has 1 aromatic carbocycles. The highest BCUT2D eigenvalue weighted by Gasteiger charge is 2.51. The predicted octanol–water partition coefficient (Wildman–Crippen LogP) is 1.34.